The quantitative estimate of drug-likeness (QED) is 0.780. The summed E-state index contributed by atoms with van der Waals surface area (Å²) in [5.41, 5.74) is 0.595. The van der Waals surface area contributed by atoms with E-state index in [1.54, 1.807) is 6.07 Å². The molecule has 0 saturated heterocycles. The second-order valence-electron chi connectivity index (χ2n) is 4.73. The Kier molecular flexibility index (Phi) is 4.29. The first-order valence-corrected chi connectivity index (χ1v) is 8.02. The van der Waals surface area contributed by atoms with Gasteiger partial charge in [-0.3, -0.25) is 9.59 Å². The van der Waals surface area contributed by atoms with Gasteiger partial charge in [-0.15, -0.1) is 11.3 Å². The highest BCUT2D eigenvalue weighted by Gasteiger charge is 2.42. The van der Waals surface area contributed by atoms with Crippen LogP contribution in [0.25, 0.3) is 0 Å². The van der Waals surface area contributed by atoms with E-state index in [0.717, 1.165) is 7.57 Å². The molecular weight excluding hydrogens is 384 g/mol. The number of ketones is 1. The summed E-state index contributed by atoms with van der Waals surface area (Å²) >= 11 is 8.12. The van der Waals surface area contributed by atoms with Gasteiger partial charge < -0.3 is 5.11 Å². The minimum Gasteiger partial charge on any atom is -0.481 e. The van der Waals surface area contributed by atoms with E-state index in [9.17, 15) is 14.7 Å². The van der Waals surface area contributed by atoms with Crippen LogP contribution in [0.3, 0.4) is 0 Å². The zero-order valence-electron chi connectivity index (χ0n) is 9.65. The van der Waals surface area contributed by atoms with Gasteiger partial charge in [-0.05, 0) is 56.7 Å². The minimum absolute atomic E-state index is 0.0550. The van der Waals surface area contributed by atoms with Crippen molar-refractivity contribution in [1.29, 1.82) is 0 Å². The summed E-state index contributed by atoms with van der Waals surface area (Å²) in [6.45, 7) is 2.00. The zero-order chi connectivity index (χ0) is 13.4. The number of Topliss-reactive ketones (excluding diaryl/α,β-unsaturated/α-hetero) is 1. The molecule has 1 aromatic heterocycles. The van der Waals surface area contributed by atoms with E-state index in [-0.39, 0.29) is 5.78 Å². The summed E-state index contributed by atoms with van der Waals surface area (Å²) in [5.74, 6) is -1.56. The van der Waals surface area contributed by atoms with Gasteiger partial charge in [0.15, 0.2) is 5.78 Å². The van der Waals surface area contributed by atoms with Gasteiger partial charge in [0.25, 0.3) is 0 Å². The van der Waals surface area contributed by atoms with Crippen molar-refractivity contribution in [1.82, 2.24) is 0 Å². The van der Waals surface area contributed by atoms with Crippen LogP contribution in [0.5, 0.6) is 0 Å². The van der Waals surface area contributed by atoms with Crippen molar-refractivity contribution >= 4 is 54.9 Å². The lowest BCUT2D eigenvalue weighted by molar-refractivity contribution is -0.142. The monoisotopic (exact) mass is 394 g/mol. The molecule has 0 aromatic carbocycles. The fraction of sp³-hybridized carbons (Fsp3) is 0.500. The molecule has 1 aliphatic carbocycles. The van der Waals surface area contributed by atoms with Crippen LogP contribution < -0.4 is 0 Å². The van der Waals surface area contributed by atoms with Crippen LogP contribution in [-0.2, 0) is 4.79 Å². The smallest absolute Gasteiger partial charge is 0.307 e. The third-order valence-corrected chi connectivity index (χ3v) is 5.71. The van der Waals surface area contributed by atoms with Gasteiger partial charge in [0, 0.05) is 11.5 Å². The molecule has 1 fully saturated rings. The van der Waals surface area contributed by atoms with Crippen LogP contribution in [0, 0.1) is 17.8 Å². The second kappa shape index (κ2) is 5.43. The van der Waals surface area contributed by atoms with Gasteiger partial charge in [-0.1, -0.05) is 6.92 Å². The lowest BCUT2D eigenvalue weighted by Crippen LogP contribution is -2.25. The Bertz CT molecular complexity index is 498. The molecule has 3 unspecified atom stereocenters. The van der Waals surface area contributed by atoms with E-state index in [4.69, 9.17) is 0 Å². The molecule has 98 valence electrons. The molecule has 0 bridgehead atoms. The maximum Gasteiger partial charge on any atom is 0.307 e. The van der Waals surface area contributed by atoms with Crippen LogP contribution in [0.2, 0.25) is 0 Å². The maximum absolute atomic E-state index is 12.4. The number of hydrogen-bond donors (Lipinski definition) is 1. The summed E-state index contributed by atoms with van der Waals surface area (Å²) in [7, 11) is 0. The maximum atomic E-state index is 12.4. The lowest BCUT2D eigenvalue weighted by Gasteiger charge is -2.13. The number of hydrogen-bond acceptors (Lipinski definition) is 3. The highest BCUT2D eigenvalue weighted by molar-refractivity contribution is 9.12. The third kappa shape index (κ3) is 2.70. The van der Waals surface area contributed by atoms with Crippen molar-refractivity contribution in [2.45, 2.75) is 19.8 Å². The number of halogens is 2. The Morgan fingerprint density at radius 3 is 2.44 bits per heavy atom. The van der Waals surface area contributed by atoms with Crippen LogP contribution in [0.4, 0.5) is 0 Å². The van der Waals surface area contributed by atoms with Crippen molar-refractivity contribution in [2.75, 3.05) is 0 Å². The minimum atomic E-state index is -0.858. The van der Waals surface area contributed by atoms with E-state index in [0.29, 0.717) is 24.3 Å². The Hall–Kier alpha value is -0.200. The molecule has 1 heterocycles. The SMILES string of the molecule is CC1CC(C(=O)O)C(C(=O)c2cc(Br)sc2Br)C1. The van der Waals surface area contributed by atoms with Gasteiger partial charge in [0.1, 0.15) is 0 Å². The van der Waals surface area contributed by atoms with Crippen molar-refractivity contribution in [3.05, 3.63) is 19.2 Å². The zero-order valence-corrected chi connectivity index (χ0v) is 13.6. The van der Waals surface area contributed by atoms with E-state index >= 15 is 0 Å². The van der Waals surface area contributed by atoms with Gasteiger partial charge in [0.2, 0.25) is 0 Å². The third-order valence-electron chi connectivity index (χ3n) is 3.37. The van der Waals surface area contributed by atoms with Gasteiger partial charge in [0.05, 0.1) is 13.5 Å². The van der Waals surface area contributed by atoms with E-state index in [1.165, 1.54) is 11.3 Å². The number of aliphatic carboxylic acids is 1. The predicted molar refractivity (Wildman–Crippen MR) is 77.1 cm³/mol. The highest BCUT2D eigenvalue weighted by Crippen LogP contribution is 2.41. The molecule has 0 amide bonds. The van der Waals surface area contributed by atoms with E-state index < -0.39 is 17.8 Å². The van der Waals surface area contributed by atoms with Crippen LogP contribution in [0.15, 0.2) is 13.6 Å². The fourth-order valence-corrected chi connectivity index (χ4v) is 5.38. The predicted octanol–water partition coefficient (Wildman–Crippen LogP) is 4.20. The number of carbonyl (C=O) groups is 2. The first-order valence-electron chi connectivity index (χ1n) is 5.62. The van der Waals surface area contributed by atoms with Crippen molar-refractivity contribution in [3.63, 3.8) is 0 Å². The van der Waals surface area contributed by atoms with E-state index in [2.05, 4.69) is 31.9 Å². The molecule has 1 saturated carbocycles. The molecule has 3 nitrogen and oxygen atoms in total. The first kappa shape index (κ1) is 14.2. The summed E-state index contributed by atoms with van der Waals surface area (Å²) in [5, 5.41) is 9.20. The Morgan fingerprint density at radius 1 is 1.33 bits per heavy atom. The summed E-state index contributed by atoms with van der Waals surface area (Å²) < 4.78 is 1.64. The fourth-order valence-electron chi connectivity index (χ4n) is 2.56. The largest absolute Gasteiger partial charge is 0.481 e. The Labute approximate surface area is 126 Å². The molecule has 1 aliphatic rings. The normalized spacial score (nSPS) is 27.4. The number of thiophene rings is 1. The average Bonchev–Trinajstić information content (AvgIpc) is 2.81. The Balaban J connectivity index is 2.28. The molecule has 3 atom stereocenters. The lowest BCUT2D eigenvalue weighted by atomic mass is 9.89. The van der Waals surface area contributed by atoms with Gasteiger partial charge >= 0.3 is 5.97 Å². The Morgan fingerprint density at radius 2 is 1.94 bits per heavy atom. The number of carboxylic acids is 1. The second-order valence-corrected chi connectivity index (χ2v) is 8.48. The number of carboxylic acid groups (broad SMARTS) is 1. The van der Waals surface area contributed by atoms with Crippen LogP contribution in [-0.4, -0.2) is 16.9 Å². The van der Waals surface area contributed by atoms with Crippen LogP contribution in [0.1, 0.15) is 30.1 Å². The average molecular weight is 396 g/mol. The molecule has 2 rings (SSSR count). The molecule has 18 heavy (non-hydrogen) atoms. The van der Waals surface area contributed by atoms with Crippen molar-refractivity contribution < 1.29 is 14.7 Å². The topological polar surface area (TPSA) is 54.4 Å². The summed E-state index contributed by atoms with van der Waals surface area (Å²) in [6, 6.07) is 1.76. The molecule has 0 aliphatic heterocycles. The molecular formula is C12H12Br2O3S. The molecule has 0 spiro atoms. The number of rotatable bonds is 3. The molecule has 6 heteroatoms. The number of carbonyl (C=O) groups excluding carboxylic acids is 1. The standard InChI is InChI=1S/C12H12Br2O3S/c1-5-2-6(7(3-5)12(16)17)10(15)8-4-9(13)18-11(8)14/h4-7H,2-3H2,1H3,(H,16,17). The highest BCUT2D eigenvalue weighted by atomic mass is 79.9. The first-order chi connectivity index (χ1) is 8.40. The van der Waals surface area contributed by atoms with E-state index in [1.807, 2.05) is 6.92 Å². The molecule has 1 N–H and O–H groups in total. The summed E-state index contributed by atoms with van der Waals surface area (Å²) in [4.78, 5) is 23.6. The molecule has 0 radical (unpaired) electrons. The summed E-state index contributed by atoms with van der Waals surface area (Å²) in [6.07, 6.45) is 1.25. The van der Waals surface area contributed by atoms with Gasteiger partial charge in [-0.25, -0.2) is 0 Å². The van der Waals surface area contributed by atoms with Crippen molar-refractivity contribution in [3.8, 4) is 0 Å². The van der Waals surface area contributed by atoms with Gasteiger partial charge in [-0.2, -0.15) is 0 Å². The van der Waals surface area contributed by atoms with Crippen molar-refractivity contribution in [2.24, 2.45) is 17.8 Å². The molecule has 1 aromatic rings. The van der Waals surface area contributed by atoms with Crippen LogP contribution >= 0.6 is 43.2 Å².